The van der Waals surface area contributed by atoms with E-state index in [-0.39, 0.29) is 12.4 Å². The molecule has 1 amide bonds. The molecule has 2 aliphatic carbocycles. The van der Waals surface area contributed by atoms with Crippen LogP contribution in [-0.4, -0.2) is 37.0 Å². The third-order valence-corrected chi connectivity index (χ3v) is 6.74. The maximum absolute atomic E-state index is 12.7. The number of carbonyl (C=O) groups excluding carboxylic acids is 1. The topological polar surface area (TPSA) is 32.3 Å². The second-order valence-electron chi connectivity index (χ2n) is 7.71. The van der Waals surface area contributed by atoms with E-state index in [9.17, 15) is 4.79 Å². The van der Waals surface area contributed by atoms with Crippen molar-refractivity contribution in [3.63, 3.8) is 0 Å². The molecule has 1 spiro atoms. The van der Waals surface area contributed by atoms with E-state index < -0.39 is 0 Å². The molecule has 1 N–H and O–H groups in total. The minimum atomic E-state index is 0. The Bertz CT molecular complexity index is 372. The van der Waals surface area contributed by atoms with Crippen molar-refractivity contribution >= 4 is 18.3 Å². The van der Waals surface area contributed by atoms with Crippen molar-refractivity contribution in [1.82, 2.24) is 10.2 Å². The van der Waals surface area contributed by atoms with Crippen molar-refractivity contribution < 1.29 is 4.79 Å². The Morgan fingerprint density at radius 1 is 0.952 bits per heavy atom. The van der Waals surface area contributed by atoms with Crippen molar-refractivity contribution in [2.75, 3.05) is 26.2 Å². The Kier molecular flexibility index (Phi) is 4.52. The summed E-state index contributed by atoms with van der Waals surface area (Å²) >= 11 is 0. The highest BCUT2D eigenvalue weighted by Crippen LogP contribution is 2.56. The van der Waals surface area contributed by atoms with Crippen LogP contribution in [0.5, 0.6) is 0 Å². The molecule has 120 valence electrons. The number of carbonyl (C=O) groups is 1. The zero-order valence-electron chi connectivity index (χ0n) is 13.0. The minimum absolute atomic E-state index is 0. The normalized spacial score (nSPS) is 37.5. The van der Waals surface area contributed by atoms with Gasteiger partial charge in [0, 0.05) is 19.0 Å². The van der Waals surface area contributed by atoms with Crippen molar-refractivity contribution in [2.24, 2.45) is 23.2 Å². The minimum Gasteiger partial charge on any atom is -0.342 e. The van der Waals surface area contributed by atoms with E-state index in [1.54, 1.807) is 0 Å². The van der Waals surface area contributed by atoms with E-state index in [0.29, 0.717) is 17.2 Å². The van der Waals surface area contributed by atoms with Crippen LogP contribution in [-0.2, 0) is 4.79 Å². The SMILES string of the molecule is Cl.O=C(C1C2CCCCC21)N1CCC2(CCNCC2)CC1. The van der Waals surface area contributed by atoms with Gasteiger partial charge in [-0.2, -0.15) is 0 Å². The molecule has 0 aromatic rings. The molecule has 2 aliphatic heterocycles. The van der Waals surface area contributed by atoms with Crippen LogP contribution in [0.1, 0.15) is 51.4 Å². The van der Waals surface area contributed by atoms with Gasteiger partial charge in [0.2, 0.25) is 5.91 Å². The summed E-state index contributed by atoms with van der Waals surface area (Å²) in [5.74, 6) is 2.49. The van der Waals surface area contributed by atoms with Crippen LogP contribution >= 0.6 is 12.4 Å². The predicted molar refractivity (Wildman–Crippen MR) is 86.5 cm³/mol. The van der Waals surface area contributed by atoms with Crippen molar-refractivity contribution in [1.29, 1.82) is 0 Å². The number of hydrogen-bond donors (Lipinski definition) is 1. The average Bonchev–Trinajstić information content (AvgIpc) is 3.22. The van der Waals surface area contributed by atoms with E-state index in [2.05, 4.69) is 10.2 Å². The van der Waals surface area contributed by atoms with E-state index in [0.717, 1.165) is 24.9 Å². The molecular formula is C17H29ClN2O. The number of halogens is 1. The highest BCUT2D eigenvalue weighted by Gasteiger charge is 2.56. The van der Waals surface area contributed by atoms with Gasteiger partial charge >= 0.3 is 0 Å². The second-order valence-corrected chi connectivity index (χ2v) is 7.71. The Morgan fingerprint density at radius 3 is 2.10 bits per heavy atom. The number of nitrogens with zero attached hydrogens (tertiary/aromatic N) is 1. The van der Waals surface area contributed by atoms with Crippen LogP contribution in [0.4, 0.5) is 0 Å². The lowest BCUT2D eigenvalue weighted by atomic mass is 9.71. The number of fused-ring (bicyclic) bond motifs is 1. The zero-order valence-corrected chi connectivity index (χ0v) is 13.8. The monoisotopic (exact) mass is 312 g/mol. The maximum atomic E-state index is 12.7. The number of likely N-dealkylation sites (tertiary alicyclic amines) is 1. The molecular weight excluding hydrogens is 284 g/mol. The molecule has 0 bridgehead atoms. The first-order chi connectivity index (χ1) is 9.79. The molecule has 0 aromatic carbocycles. The Balaban J connectivity index is 0.00000132. The van der Waals surface area contributed by atoms with Gasteiger partial charge in [-0.15, -0.1) is 12.4 Å². The largest absolute Gasteiger partial charge is 0.342 e. The van der Waals surface area contributed by atoms with Gasteiger partial charge in [0.15, 0.2) is 0 Å². The van der Waals surface area contributed by atoms with Gasteiger partial charge < -0.3 is 10.2 Å². The first-order valence-corrected chi connectivity index (χ1v) is 8.79. The van der Waals surface area contributed by atoms with E-state index >= 15 is 0 Å². The quantitative estimate of drug-likeness (QED) is 0.807. The molecule has 4 aliphatic rings. The standard InChI is InChI=1S/C17H28N2O.ClH/c20-16(15-13-3-1-2-4-14(13)15)19-11-7-17(8-12-19)5-9-18-10-6-17;/h13-15,18H,1-12H2;1H. The van der Waals surface area contributed by atoms with Gasteiger partial charge in [0.25, 0.3) is 0 Å². The Hall–Kier alpha value is -0.280. The van der Waals surface area contributed by atoms with Crippen molar-refractivity contribution in [2.45, 2.75) is 51.4 Å². The first-order valence-electron chi connectivity index (χ1n) is 8.79. The molecule has 2 saturated heterocycles. The molecule has 0 radical (unpaired) electrons. The van der Waals surface area contributed by atoms with Gasteiger partial charge in [-0.3, -0.25) is 4.79 Å². The summed E-state index contributed by atoms with van der Waals surface area (Å²) in [6.07, 6.45) is 10.5. The molecule has 2 saturated carbocycles. The van der Waals surface area contributed by atoms with Crippen LogP contribution in [0.25, 0.3) is 0 Å². The summed E-state index contributed by atoms with van der Waals surface area (Å²) in [6.45, 7) is 4.44. The molecule has 3 nitrogen and oxygen atoms in total. The van der Waals surface area contributed by atoms with Crippen LogP contribution in [0.2, 0.25) is 0 Å². The Morgan fingerprint density at radius 2 is 1.52 bits per heavy atom. The number of amides is 1. The highest BCUT2D eigenvalue weighted by molar-refractivity contribution is 5.85. The van der Waals surface area contributed by atoms with Crippen LogP contribution in [0.15, 0.2) is 0 Å². The summed E-state index contributed by atoms with van der Waals surface area (Å²) in [7, 11) is 0. The predicted octanol–water partition coefficient (Wildman–Crippen LogP) is 2.84. The molecule has 0 aromatic heterocycles. The molecule has 2 unspecified atom stereocenters. The van der Waals surface area contributed by atoms with E-state index in [4.69, 9.17) is 0 Å². The van der Waals surface area contributed by atoms with Gasteiger partial charge in [0.05, 0.1) is 0 Å². The Labute approximate surface area is 134 Å². The first kappa shape index (κ1) is 15.6. The summed E-state index contributed by atoms with van der Waals surface area (Å²) < 4.78 is 0. The van der Waals surface area contributed by atoms with Crippen LogP contribution < -0.4 is 5.32 Å². The number of nitrogens with one attached hydrogen (secondary N) is 1. The summed E-state index contributed by atoms with van der Waals surface area (Å²) in [4.78, 5) is 14.9. The molecule has 2 heterocycles. The van der Waals surface area contributed by atoms with Gasteiger partial charge in [0.1, 0.15) is 0 Å². The number of rotatable bonds is 1. The van der Waals surface area contributed by atoms with Crippen molar-refractivity contribution in [3.05, 3.63) is 0 Å². The summed E-state index contributed by atoms with van der Waals surface area (Å²) in [5, 5.41) is 3.47. The third kappa shape index (κ3) is 2.84. The molecule has 4 rings (SSSR count). The zero-order chi connectivity index (χ0) is 13.6. The van der Waals surface area contributed by atoms with Crippen LogP contribution in [0, 0.1) is 23.2 Å². The van der Waals surface area contributed by atoms with Gasteiger partial charge in [-0.05, 0) is 68.9 Å². The van der Waals surface area contributed by atoms with Crippen molar-refractivity contribution in [3.8, 4) is 0 Å². The summed E-state index contributed by atoms with van der Waals surface area (Å²) in [5.41, 5.74) is 0.568. The van der Waals surface area contributed by atoms with Crippen LogP contribution in [0.3, 0.4) is 0 Å². The fourth-order valence-corrected chi connectivity index (χ4v) is 5.23. The molecule has 4 heteroatoms. The molecule has 2 atom stereocenters. The number of hydrogen-bond acceptors (Lipinski definition) is 2. The molecule has 4 fully saturated rings. The average molecular weight is 313 g/mol. The second kappa shape index (κ2) is 6.08. The summed E-state index contributed by atoms with van der Waals surface area (Å²) in [6, 6.07) is 0. The molecule has 21 heavy (non-hydrogen) atoms. The van der Waals surface area contributed by atoms with Gasteiger partial charge in [-0.25, -0.2) is 0 Å². The maximum Gasteiger partial charge on any atom is 0.226 e. The fraction of sp³-hybridized carbons (Fsp3) is 0.941. The number of piperidine rings is 2. The lowest BCUT2D eigenvalue weighted by Gasteiger charge is -2.44. The fourth-order valence-electron chi connectivity index (χ4n) is 5.23. The lowest BCUT2D eigenvalue weighted by Crippen LogP contribution is -2.47. The highest BCUT2D eigenvalue weighted by atomic mass is 35.5. The smallest absolute Gasteiger partial charge is 0.226 e. The lowest BCUT2D eigenvalue weighted by molar-refractivity contribution is -0.135. The third-order valence-electron chi connectivity index (χ3n) is 6.74. The van der Waals surface area contributed by atoms with Gasteiger partial charge in [-0.1, -0.05) is 12.8 Å². The van der Waals surface area contributed by atoms with E-state index in [1.807, 2.05) is 0 Å². The van der Waals surface area contributed by atoms with E-state index in [1.165, 1.54) is 64.5 Å².